The van der Waals surface area contributed by atoms with E-state index >= 15 is 0 Å². The zero-order chi connectivity index (χ0) is 14.2. The van der Waals surface area contributed by atoms with Crippen LogP contribution in [0.4, 0.5) is 5.69 Å². The molecular formula is C16H24N2O2. The number of benzene rings is 1. The summed E-state index contributed by atoms with van der Waals surface area (Å²) < 4.78 is 5.55. The van der Waals surface area contributed by atoms with Gasteiger partial charge in [0.05, 0.1) is 13.2 Å². The molecule has 1 aliphatic carbocycles. The van der Waals surface area contributed by atoms with Gasteiger partial charge in [0.25, 0.3) is 0 Å². The van der Waals surface area contributed by atoms with Crippen molar-refractivity contribution in [2.75, 3.05) is 18.5 Å². The predicted molar refractivity (Wildman–Crippen MR) is 81.1 cm³/mol. The van der Waals surface area contributed by atoms with Crippen LogP contribution in [-0.2, 0) is 4.79 Å². The van der Waals surface area contributed by atoms with E-state index in [2.05, 4.69) is 17.6 Å². The molecule has 0 bridgehead atoms. The van der Waals surface area contributed by atoms with Crippen LogP contribution < -0.4 is 15.4 Å². The monoisotopic (exact) mass is 276 g/mol. The molecule has 2 N–H and O–H groups in total. The van der Waals surface area contributed by atoms with Gasteiger partial charge < -0.3 is 15.4 Å². The SMILES string of the molecule is CCCOc1cccc(NC(=O)CNC2CCCC2)c1. The topological polar surface area (TPSA) is 50.4 Å². The Morgan fingerprint density at radius 3 is 2.90 bits per heavy atom. The maximum absolute atomic E-state index is 11.9. The van der Waals surface area contributed by atoms with Gasteiger partial charge in [0.1, 0.15) is 5.75 Å². The van der Waals surface area contributed by atoms with E-state index in [0.29, 0.717) is 19.2 Å². The summed E-state index contributed by atoms with van der Waals surface area (Å²) in [6, 6.07) is 8.06. The quantitative estimate of drug-likeness (QED) is 0.805. The number of rotatable bonds is 7. The fourth-order valence-corrected chi connectivity index (χ4v) is 2.46. The van der Waals surface area contributed by atoms with E-state index in [1.165, 1.54) is 25.7 Å². The third-order valence-electron chi connectivity index (χ3n) is 3.50. The molecule has 1 aliphatic rings. The Morgan fingerprint density at radius 2 is 2.15 bits per heavy atom. The van der Waals surface area contributed by atoms with Gasteiger partial charge in [-0.15, -0.1) is 0 Å². The van der Waals surface area contributed by atoms with Crippen LogP contribution in [-0.4, -0.2) is 25.1 Å². The van der Waals surface area contributed by atoms with Crippen molar-refractivity contribution in [1.29, 1.82) is 0 Å². The Morgan fingerprint density at radius 1 is 1.35 bits per heavy atom. The average molecular weight is 276 g/mol. The first-order chi connectivity index (χ1) is 9.78. The van der Waals surface area contributed by atoms with Gasteiger partial charge in [-0.1, -0.05) is 25.8 Å². The lowest BCUT2D eigenvalue weighted by Gasteiger charge is -2.12. The molecule has 0 saturated heterocycles. The highest BCUT2D eigenvalue weighted by Crippen LogP contribution is 2.18. The molecule has 1 aromatic rings. The number of amides is 1. The Bertz CT molecular complexity index is 428. The van der Waals surface area contributed by atoms with Gasteiger partial charge in [-0.05, 0) is 31.4 Å². The Hall–Kier alpha value is -1.55. The number of nitrogens with one attached hydrogen (secondary N) is 2. The third-order valence-corrected chi connectivity index (χ3v) is 3.50. The van der Waals surface area contributed by atoms with Gasteiger partial charge in [-0.2, -0.15) is 0 Å². The van der Waals surface area contributed by atoms with E-state index in [1.807, 2.05) is 24.3 Å². The average Bonchev–Trinajstić information content (AvgIpc) is 2.97. The molecule has 0 atom stereocenters. The van der Waals surface area contributed by atoms with Crippen molar-refractivity contribution in [3.63, 3.8) is 0 Å². The summed E-state index contributed by atoms with van der Waals surface area (Å²) in [5.41, 5.74) is 0.789. The molecule has 0 unspecified atom stereocenters. The second-order valence-electron chi connectivity index (χ2n) is 5.29. The van der Waals surface area contributed by atoms with E-state index in [9.17, 15) is 4.79 Å². The fraction of sp³-hybridized carbons (Fsp3) is 0.562. The van der Waals surface area contributed by atoms with E-state index in [-0.39, 0.29) is 5.91 Å². The van der Waals surface area contributed by atoms with Crippen molar-refractivity contribution in [1.82, 2.24) is 5.32 Å². The Balaban J connectivity index is 1.77. The first-order valence-corrected chi connectivity index (χ1v) is 7.54. The molecule has 0 spiro atoms. The molecule has 1 amide bonds. The van der Waals surface area contributed by atoms with Gasteiger partial charge in [-0.25, -0.2) is 0 Å². The minimum atomic E-state index is 0.00421. The van der Waals surface area contributed by atoms with Crippen molar-refractivity contribution in [2.24, 2.45) is 0 Å². The molecule has 0 aliphatic heterocycles. The summed E-state index contributed by atoms with van der Waals surface area (Å²) in [5, 5.41) is 6.21. The van der Waals surface area contributed by atoms with Gasteiger partial charge >= 0.3 is 0 Å². The normalized spacial score (nSPS) is 15.2. The molecule has 0 radical (unpaired) electrons. The molecular weight excluding hydrogens is 252 g/mol. The number of anilines is 1. The Kier molecular flexibility index (Phi) is 5.87. The molecule has 1 aromatic carbocycles. The number of hydrogen-bond acceptors (Lipinski definition) is 3. The van der Waals surface area contributed by atoms with E-state index in [4.69, 9.17) is 4.74 Å². The van der Waals surface area contributed by atoms with Crippen LogP contribution in [0.2, 0.25) is 0 Å². The molecule has 2 rings (SSSR count). The third kappa shape index (κ3) is 4.85. The lowest BCUT2D eigenvalue weighted by Crippen LogP contribution is -2.34. The van der Waals surface area contributed by atoms with Gasteiger partial charge in [0, 0.05) is 17.8 Å². The second kappa shape index (κ2) is 7.90. The summed E-state index contributed by atoms with van der Waals surface area (Å²) >= 11 is 0. The van der Waals surface area contributed by atoms with E-state index in [0.717, 1.165) is 17.9 Å². The fourth-order valence-electron chi connectivity index (χ4n) is 2.46. The van der Waals surface area contributed by atoms with Crippen LogP contribution in [0, 0.1) is 0 Å². The molecule has 0 heterocycles. The van der Waals surface area contributed by atoms with Crippen molar-refractivity contribution in [3.05, 3.63) is 24.3 Å². The van der Waals surface area contributed by atoms with Crippen molar-refractivity contribution in [2.45, 2.75) is 45.1 Å². The summed E-state index contributed by atoms with van der Waals surface area (Å²) in [4.78, 5) is 11.9. The Labute approximate surface area is 120 Å². The summed E-state index contributed by atoms with van der Waals surface area (Å²) in [5.74, 6) is 0.804. The van der Waals surface area contributed by atoms with Crippen LogP contribution in [0.1, 0.15) is 39.0 Å². The van der Waals surface area contributed by atoms with Crippen molar-refractivity contribution >= 4 is 11.6 Å². The highest BCUT2D eigenvalue weighted by molar-refractivity contribution is 5.92. The highest BCUT2D eigenvalue weighted by atomic mass is 16.5. The van der Waals surface area contributed by atoms with Crippen LogP contribution in [0.15, 0.2) is 24.3 Å². The molecule has 1 saturated carbocycles. The minimum absolute atomic E-state index is 0.00421. The summed E-state index contributed by atoms with van der Waals surface area (Å²) in [6.45, 7) is 3.14. The summed E-state index contributed by atoms with van der Waals surface area (Å²) in [6.07, 6.45) is 5.90. The van der Waals surface area contributed by atoms with Crippen LogP contribution in [0.25, 0.3) is 0 Å². The predicted octanol–water partition coefficient (Wildman–Crippen LogP) is 2.95. The van der Waals surface area contributed by atoms with Crippen LogP contribution in [0.5, 0.6) is 5.75 Å². The maximum atomic E-state index is 11.9. The van der Waals surface area contributed by atoms with Gasteiger partial charge in [0.15, 0.2) is 0 Å². The number of hydrogen-bond donors (Lipinski definition) is 2. The van der Waals surface area contributed by atoms with Gasteiger partial charge in [-0.3, -0.25) is 4.79 Å². The lowest BCUT2D eigenvalue weighted by atomic mass is 10.2. The largest absolute Gasteiger partial charge is 0.494 e. The number of carbonyl (C=O) groups is 1. The standard InChI is InChI=1S/C16H24N2O2/c1-2-10-20-15-9-5-8-14(11-15)18-16(19)12-17-13-6-3-4-7-13/h5,8-9,11,13,17H,2-4,6-7,10,12H2,1H3,(H,18,19). The van der Waals surface area contributed by atoms with Crippen LogP contribution >= 0.6 is 0 Å². The summed E-state index contributed by atoms with van der Waals surface area (Å²) in [7, 11) is 0. The van der Waals surface area contributed by atoms with E-state index in [1.54, 1.807) is 0 Å². The molecule has 4 nitrogen and oxygen atoms in total. The number of carbonyl (C=O) groups excluding carboxylic acids is 1. The molecule has 20 heavy (non-hydrogen) atoms. The second-order valence-corrected chi connectivity index (χ2v) is 5.29. The maximum Gasteiger partial charge on any atom is 0.238 e. The van der Waals surface area contributed by atoms with Gasteiger partial charge in [0.2, 0.25) is 5.91 Å². The number of ether oxygens (including phenoxy) is 1. The first kappa shape index (κ1) is 14.9. The van der Waals surface area contributed by atoms with Crippen LogP contribution in [0.3, 0.4) is 0 Å². The highest BCUT2D eigenvalue weighted by Gasteiger charge is 2.15. The first-order valence-electron chi connectivity index (χ1n) is 7.54. The molecule has 110 valence electrons. The van der Waals surface area contributed by atoms with E-state index < -0.39 is 0 Å². The zero-order valence-electron chi connectivity index (χ0n) is 12.2. The molecule has 4 heteroatoms. The van der Waals surface area contributed by atoms with Crippen molar-refractivity contribution in [3.8, 4) is 5.75 Å². The molecule has 1 fully saturated rings. The molecule has 0 aromatic heterocycles. The minimum Gasteiger partial charge on any atom is -0.494 e. The zero-order valence-corrected chi connectivity index (χ0v) is 12.2. The lowest BCUT2D eigenvalue weighted by molar-refractivity contribution is -0.115. The smallest absolute Gasteiger partial charge is 0.238 e. The van der Waals surface area contributed by atoms with Crippen molar-refractivity contribution < 1.29 is 9.53 Å².